The zero-order chi connectivity index (χ0) is 21.3. The quantitative estimate of drug-likeness (QED) is 0.251. The number of benzene rings is 1. The molecule has 2 aliphatic rings. The summed E-state index contributed by atoms with van der Waals surface area (Å²) in [5.41, 5.74) is 4.13. The van der Waals surface area contributed by atoms with E-state index < -0.39 is 0 Å². The van der Waals surface area contributed by atoms with Crippen molar-refractivity contribution < 1.29 is 4.74 Å². The number of thioether (sulfide) groups is 2. The van der Waals surface area contributed by atoms with Crippen LogP contribution in [-0.4, -0.2) is 39.0 Å². The Bertz CT molecular complexity index is 1030. The fourth-order valence-corrected chi connectivity index (χ4v) is 4.74. The highest BCUT2D eigenvalue weighted by Gasteiger charge is 2.36. The molecule has 0 radical (unpaired) electrons. The molecule has 11 heteroatoms. The fourth-order valence-electron chi connectivity index (χ4n) is 2.96. The molecule has 2 aromatic rings. The van der Waals surface area contributed by atoms with Crippen molar-refractivity contribution in [3.8, 4) is 5.75 Å². The first-order chi connectivity index (χ1) is 14.5. The lowest BCUT2D eigenvalue weighted by Gasteiger charge is -2.34. The average Bonchev–Trinajstić information content (AvgIpc) is 3.15. The van der Waals surface area contributed by atoms with Crippen LogP contribution in [0.1, 0.15) is 25.8 Å². The summed E-state index contributed by atoms with van der Waals surface area (Å²) in [7, 11) is 0. The van der Waals surface area contributed by atoms with Crippen molar-refractivity contribution in [2.45, 2.75) is 36.6 Å². The van der Waals surface area contributed by atoms with Gasteiger partial charge in [-0.25, -0.2) is 20.0 Å². The van der Waals surface area contributed by atoms with Gasteiger partial charge in [0.2, 0.25) is 0 Å². The number of rotatable bonds is 6. The minimum Gasteiger partial charge on any atom is -0.460 e. The van der Waals surface area contributed by atoms with Crippen LogP contribution in [0.25, 0.3) is 0 Å². The van der Waals surface area contributed by atoms with Gasteiger partial charge < -0.3 is 10.1 Å². The number of anilines is 1. The van der Waals surface area contributed by atoms with Crippen LogP contribution in [0.15, 0.2) is 45.5 Å². The van der Waals surface area contributed by atoms with E-state index in [0.29, 0.717) is 21.6 Å². The second kappa shape index (κ2) is 9.13. The summed E-state index contributed by atoms with van der Waals surface area (Å²) in [5.74, 6) is 3.57. The van der Waals surface area contributed by atoms with Crippen LogP contribution in [0.5, 0.6) is 5.75 Å². The summed E-state index contributed by atoms with van der Waals surface area (Å²) in [6, 6.07) is 5.06. The van der Waals surface area contributed by atoms with Crippen LogP contribution < -0.4 is 15.5 Å². The SMILES string of the molecule is CCCSc1nc2c(c(SC)n1)C1=NC(=COc3ccc(Cl)cc3Cl)NN1C(C)N2. The molecule has 0 saturated carbocycles. The van der Waals surface area contributed by atoms with Crippen molar-refractivity contribution in [2.75, 3.05) is 17.3 Å². The Balaban J connectivity index is 1.66. The number of hydrogen-bond acceptors (Lipinski definition) is 9. The first kappa shape index (κ1) is 21.4. The molecule has 0 aliphatic carbocycles. The highest BCUT2D eigenvalue weighted by Crippen LogP contribution is 2.35. The van der Waals surface area contributed by atoms with Crippen molar-refractivity contribution in [3.63, 3.8) is 0 Å². The molecule has 0 amide bonds. The van der Waals surface area contributed by atoms with Crippen LogP contribution >= 0.6 is 46.7 Å². The van der Waals surface area contributed by atoms with Gasteiger partial charge in [0, 0.05) is 10.8 Å². The molecule has 1 aromatic carbocycles. The standard InChI is InChI=1S/C19H20Cl2N6OS2/c1-4-7-30-19-24-16-15(18(25-19)29-3)17-23-14(26-27(17)10(2)22-16)9-28-13-6-5-11(20)8-12(13)21/h5-6,8-10,26H,4,7H2,1-3H3,(H,22,24,25). The van der Waals surface area contributed by atoms with E-state index in [4.69, 9.17) is 42.9 Å². The van der Waals surface area contributed by atoms with Gasteiger partial charge in [-0.3, -0.25) is 5.43 Å². The van der Waals surface area contributed by atoms with Crippen molar-refractivity contribution >= 4 is 58.4 Å². The van der Waals surface area contributed by atoms with E-state index in [1.165, 1.54) is 6.26 Å². The van der Waals surface area contributed by atoms with Crippen molar-refractivity contribution in [1.82, 2.24) is 20.4 Å². The van der Waals surface area contributed by atoms with Crippen LogP contribution in [0.2, 0.25) is 10.0 Å². The summed E-state index contributed by atoms with van der Waals surface area (Å²) in [4.78, 5) is 14.2. The van der Waals surface area contributed by atoms with Gasteiger partial charge in [-0.1, -0.05) is 41.9 Å². The van der Waals surface area contributed by atoms with Gasteiger partial charge in [0.05, 0.1) is 10.6 Å². The fraction of sp³-hybridized carbons (Fsp3) is 0.316. The summed E-state index contributed by atoms with van der Waals surface area (Å²) in [6.45, 7) is 4.18. The van der Waals surface area contributed by atoms with E-state index in [-0.39, 0.29) is 6.17 Å². The summed E-state index contributed by atoms with van der Waals surface area (Å²) in [6.07, 6.45) is 4.54. The number of nitrogens with zero attached hydrogens (tertiary/aromatic N) is 4. The summed E-state index contributed by atoms with van der Waals surface area (Å²) >= 11 is 15.4. The molecule has 2 aliphatic heterocycles. The van der Waals surface area contributed by atoms with Crippen molar-refractivity contribution in [3.05, 3.63) is 45.9 Å². The Morgan fingerprint density at radius 2 is 2.13 bits per heavy atom. The van der Waals surface area contributed by atoms with Crippen molar-refractivity contribution in [2.24, 2.45) is 4.99 Å². The molecule has 0 bridgehead atoms. The molecule has 3 heterocycles. The molecule has 0 saturated heterocycles. The Morgan fingerprint density at radius 3 is 2.87 bits per heavy atom. The largest absolute Gasteiger partial charge is 0.460 e. The number of aliphatic imine (C=N–C) groups is 1. The number of hydrogen-bond donors (Lipinski definition) is 2. The molecule has 2 N–H and O–H groups in total. The molecule has 1 unspecified atom stereocenters. The van der Waals surface area contributed by atoms with Gasteiger partial charge in [0.25, 0.3) is 0 Å². The van der Waals surface area contributed by atoms with E-state index in [0.717, 1.165) is 39.6 Å². The van der Waals surface area contributed by atoms with E-state index in [2.05, 4.69) is 17.7 Å². The summed E-state index contributed by atoms with van der Waals surface area (Å²) in [5, 5.41) is 8.00. The van der Waals surface area contributed by atoms with E-state index in [1.807, 2.05) is 18.2 Å². The van der Waals surface area contributed by atoms with E-state index in [9.17, 15) is 0 Å². The van der Waals surface area contributed by atoms with Crippen LogP contribution in [0.3, 0.4) is 0 Å². The van der Waals surface area contributed by atoms with Gasteiger partial charge >= 0.3 is 0 Å². The molecule has 158 valence electrons. The van der Waals surface area contributed by atoms with Crippen LogP contribution in [0, 0.1) is 0 Å². The highest BCUT2D eigenvalue weighted by molar-refractivity contribution is 7.99. The van der Waals surface area contributed by atoms with E-state index in [1.54, 1.807) is 41.7 Å². The molecule has 0 fully saturated rings. The lowest BCUT2D eigenvalue weighted by molar-refractivity contribution is 0.298. The molecular formula is C19H20Cl2N6OS2. The predicted octanol–water partition coefficient (Wildman–Crippen LogP) is 5.22. The molecular weight excluding hydrogens is 463 g/mol. The van der Waals surface area contributed by atoms with Gasteiger partial charge in [-0.2, -0.15) is 0 Å². The molecule has 30 heavy (non-hydrogen) atoms. The zero-order valence-corrected chi connectivity index (χ0v) is 19.7. The Labute approximate surface area is 193 Å². The Hall–Kier alpha value is -1.81. The van der Waals surface area contributed by atoms with Gasteiger partial charge in [-0.05, 0) is 37.8 Å². The number of halogens is 2. The minimum absolute atomic E-state index is 0.0603. The lowest BCUT2D eigenvalue weighted by atomic mass is 10.2. The van der Waals surface area contributed by atoms with Gasteiger partial charge in [-0.15, -0.1) is 11.8 Å². The monoisotopic (exact) mass is 482 g/mol. The molecule has 1 atom stereocenters. The topological polar surface area (TPSA) is 74.7 Å². The Morgan fingerprint density at radius 1 is 1.30 bits per heavy atom. The molecule has 0 spiro atoms. The third-order valence-electron chi connectivity index (χ3n) is 4.32. The molecule has 1 aromatic heterocycles. The summed E-state index contributed by atoms with van der Waals surface area (Å²) < 4.78 is 5.72. The first-order valence-corrected chi connectivity index (χ1v) is 12.3. The maximum atomic E-state index is 6.18. The third-order valence-corrected chi connectivity index (χ3v) is 6.59. The number of nitrogens with one attached hydrogen (secondary N) is 2. The highest BCUT2D eigenvalue weighted by atomic mass is 35.5. The number of fused-ring (bicyclic) bond motifs is 3. The van der Waals surface area contributed by atoms with Crippen LogP contribution in [0.4, 0.5) is 5.82 Å². The maximum absolute atomic E-state index is 6.18. The minimum atomic E-state index is -0.0603. The normalized spacial score (nSPS) is 18.4. The number of amidine groups is 1. The lowest BCUT2D eigenvalue weighted by Crippen LogP contribution is -2.51. The predicted molar refractivity (Wildman–Crippen MR) is 125 cm³/mol. The average molecular weight is 483 g/mol. The zero-order valence-electron chi connectivity index (χ0n) is 16.6. The Kier molecular flexibility index (Phi) is 6.52. The third kappa shape index (κ3) is 4.30. The number of aromatic nitrogens is 2. The second-order valence-corrected chi connectivity index (χ2v) is 9.22. The van der Waals surface area contributed by atoms with Crippen molar-refractivity contribution in [1.29, 1.82) is 0 Å². The number of ether oxygens (including phenoxy) is 1. The maximum Gasteiger partial charge on any atom is 0.190 e. The second-order valence-electron chi connectivity index (χ2n) is 6.52. The first-order valence-electron chi connectivity index (χ1n) is 9.32. The molecule has 7 nitrogen and oxygen atoms in total. The van der Waals surface area contributed by atoms with Crippen LogP contribution in [-0.2, 0) is 0 Å². The smallest absolute Gasteiger partial charge is 0.190 e. The number of hydrazine groups is 1. The molecule has 4 rings (SSSR count). The van der Waals surface area contributed by atoms with Gasteiger partial charge in [0.15, 0.2) is 16.8 Å². The van der Waals surface area contributed by atoms with Gasteiger partial charge in [0.1, 0.15) is 29.0 Å². The van der Waals surface area contributed by atoms with E-state index >= 15 is 0 Å².